The van der Waals surface area contributed by atoms with Gasteiger partial charge in [0, 0.05) is 32.2 Å². The number of carbonyl (C=O) groups is 1. The Balaban J connectivity index is 4.09. The van der Waals surface area contributed by atoms with Gasteiger partial charge in [-0.15, -0.1) is 0 Å². The number of aliphatic hydroxyl groups excluding tert-OH is 1. The lowest BCUT2D eigenvalue weighted by atomic mass is 10.0. The van der Waals surface area contributed by atoms with Crippen LogP contribution in [0.25, 0.3) is 0 Å². The zero-order chi connectivity index (χ0) is 30.1. The maximum Gasteiger partial charge on any atom is 0.305 e. The second-order valence-electron chi connectivity index (χ2n) is 12.3. The molecule has 0 aliphatic rings. The third-order valence-electron chi connectivity index (χ3n) is 8.14. The van der Waals surface area contributed by atoms with Crippen molar-refractivity contribution in [2.75, 3.05) is 26.4 Å². The maximum absolute atomic E-state index is 12.5. The van der Waals surface area contributed by atoms with E-state index in [1.165, 1.54) is 128 Å². The fourth-order valence-corrected chi connectivity index (χ4v) is 5.25. The number of unbranched alkanes of at least 4 members (excludes halogenated alkanes) is 20. The predicted molar refractivity (Wildman–Crippen MR) is 174 cm³/mol. The lowest BCUT2D eigenvalue weighted by Gasteiger charge is -2.19. The molecule has 0 saturated heterocycles. The van der Waals surface area contributed by atoms with E-state index in [0.29, 0.717) is 32.7 Å². The van der Waals surface area contributed by atoms with Crippen LogP contribution in [-0.4, -0.2) is 43.8 Å². The van der Waals surface area contributed by atoms with E-state index in [0.717, 1.165) is 25.7 Å². The van der Waals surface area contributed by atoms with Crippen molar-refractivity contribution in [3.05, 3.63) is 0 Å². The summed E-state index contributed by atoms with van der Waals surface area (Å²) in [6.45, 7) is 8.52. The fraction of sp³-hybridized carbons (Fsp3) is 0.972. The largest absolute Gasteiger partial charge is 0.465 e. The average Bonchev–Trinajstić information content (AvgIpc) is 2.98. The van der Waals surface area contributed by atoms with E-state index >= 15 is 0 Å². The highest BCUT2D eigenvalue weighted by molar-refractivity contribution is 5.69. The van der Waals surface area contributed by atoms with Crippen LogP contribution in [0.4, 0.5) is 0 Å². The lowest BCUT2D eigenvalue weighted by molar-refractivity contribution is -0.160. The number of hydrogen-bond acceptors (Lipinski definition) is 5. The van der Waals surface area contributed by atoms with Gasteiger partial charge in [0.05, 0.1) is 13.0 Å². The van der Waals surface area contributed by atoms with Crippen LogP contribution in [0.1, 0.15) is 188 Å². The van der Waals surface area contributed by atoms with Crippen molar-refractivity contribution in [3.8, 4) is 0 Å². The van der Waals surface area contributed by atoms with Gasteiger partial charge in [0.15, 0.2) is 6.29 Å². The Morgan fingerprint density at radius 3 is 1.34 bits per heavy atom. The molecule has 0 heterocycles. The molecule has 246 valence electrons. The van der Waals surface area contributed by atoms with Gasteiger partial charge < -0.3 is 19.3 Å². The SMILES string of the molecule is CCCCCCCCCCCCCC(CO)COC(=O)CCC(OCCCCCCCC)OCCCCCCCC. The summed E-state index contributed by atoms with van der Waals surface area (Å²) >= 11 is 0. The first kappa shape index (κ1) is 40.4. The first-order chi connectivity index (χ1) is 20.2. The highest BCUT2D eigenvalue weighted by Crippen LogP contribution is 2.16. The summed E-state index contributed by atoms with van der Waals surface area (Å²) in [5.74, 6) is -0.167. The summed E-state index contributed by atoms with van der Waals surface area (Å²) < 4.78 is 17.6. The Kier molecular flexibility index (Phi) is 33.3. The molecule has 0 amide bonds. The zero-order valence-electron chi connectivity index (χ0n) is 27.9. The quantitative estimate of drug-likeness (QED) is 0.0463. The molecule has 0 fully saturated rings. The smallest absolute Gasteiger partial charge is 0.305 e. The zero-order valence-corrected chi connectivity index (χ0v) is 27.9. The minimum Gasteiger partial charge on any atom is -0.465 e. The second-order valence-corrected chi connectivity index (χ2v) is 12.3. The standard InChI is InChI=1S/C36H72O5/c1-4-7-10-13-16-17-18-19-20-21-24-27-34(32-37)33-41-35(38)28-29-36(39-30-25-22-14-11-8-5-2)40-31-26-23-15-12-9-6-3/h34,36-37H,4-33H2,1-3H3. The molecule has 0 saturated carbocycles. The number of ether oxygens (including phenoxy) is 3. The summed E-state index contributed by atoms with van der Waals surface area (Å²) in [7, 11) is 0. The summed E-state index contributed by atoms with van der Waals surface area (Å²) in [4.78, 5) is 12.5. The molecule has 1 N–H and O–H groups in total. The van der Waals surface area contributed by atoms with Gasteiger partial charge in [0.25, 0.3) is 0 Å². The van der Waals surface area contributed by atoms with E-state index < -0.39 is 0 Å². The van der Waals surface area contributed by atoms with E-state index in [-0.39, 0.29) is 24.8 Å². The molecule has 0 aromatic rings. The van der Waals surface area contributed by atoms with E-state index in [2.05, 4.69) is 20.8 Å². The Morgan fingerprint density at radius 2 is 0.927 bits per heavy atom. The van der Waals surface area contributed by atoms with Gasteiger partial charge >= 0.3 is 5.97 Å². The summed E-state index contributed by atoms with van der Waals surface area (Å²) in [6, 6.07) is 0. The molecule has 0 aliphatic carbocycles. The Bertz CT molecular complexity index is 494. The molecule has 0 radical (unpaired) electrons. The highest BCUT2D eigenvalue weighted by Gasteiger charge is 2.15. The van der Waals surface area contributed by atoms with E-state index in [1.807, 2.05) is 0 Å². The molecule has 5 heteroatoms. The maximum atomic E-state index is 12.5. The van der Waals surface area contributed by atoms with Gasteiger partial charge in [-0.1, -0.05) is 156 Å². The van der Waals surface area contributed by atoms with Gasteiger partial charge in [0.2, 0.25) is 0 Å². The summed E-state index contributed by atoms with van der Waals surface area (Å²) in [5, 5.41) is 9.76. The molecule has 0 aliphatic heterocycles. The number of rotatable bonds is 34. The van der Waals surface area contributed by atoms with E-state index in [4.69, 9.17) is 14.2 Å². The van der Waals surface area contributed by atoms with Crippen molar-refractivity contribution in [2.24, 2.45) is 5.92 Å². The van der Waals surface area contributed by atoms with Crippen LogP contribution in [-0.2, 0) is 19.0 Å². The highest BCUT2D eigenvalue weighted by atomic mass is 16.7. The number of hydrogen-bond donors (Lipinski definition) is 1. The molecule has 0 aromatic heterocycles. The molecular formula is C36H72O5. The summed E-state index contributed by atoms with van der Waals surface area (Å²) in [6.07, 6.45) is 30.6. The molecule has 0 spiro atoms. The van der Waals surface area contributed by atoms with Crippen molar-refractivity contribution >= 4 is 5.97 Å². The van der Waals surface area contributed by atoms with Gasteiger partial charge in [0.1, 0.15) is 0 Å². The van der Waals surface area contributed by atoms with Crippen LogP contribution in [0.5, 0.6) is 0 Å². The first-order valence-electron chi connectivity index (χ1n) is 18.2. The van der Waals surface area contributed by atoms with Crippen LogP contribution in [0.3, 0.4) is 0 Å². The Hall–Kier alpha value is -0.650. The Morgan fingerprint density at radius 1 is 0.537 bits per heavy atom. The van der Waals surface area contributed by atoms with Crippen LogP contribution in [0.2, 0.25) is 0 Å². The number of carbonyl (C=O) groups excluding carboxylic acids is 1. The molecule has 41 heavy (non-hydrogen) atoms. The molecule has 1 atom stereocenters. The van der Waals surface area contributed by atoms with E-state index in [9.17, 15) is 9.90 Å². The molecule has 1 unspecified atom stereocenters. The van der Waals surface area contributed by atoms with Crippen molar-refractivity contribution in [3.63, 3.8) is 0 Å². The van der Waals surface area contributed by atoms with Crippen molar-refractivity contribution < 1.29 is 24.1 Å². The third kappa shape index (κ3) is 30.6. The topological polar surface area (TPSA) is 65.0 Å². The molecule has 0 aromatic carbocycles. The second kappa shape index (κ2) is 33.8. The minimum atomic E-state index is -0.334. The Labute approximate surface area is 256 Å². The van der Waals surface area contributed by atoms with Gasteiger partial charge in [-0.3, -0.25) is 4.79 Å². The van der Waals surface area contributed by atoms with Crippen LogP contribution >= 0.6 is 0 Å². The number of aliphatic hydroxyl groups is 1. The predicted octanol–water partition coefficient (Wildman–Crippen LogP) is 10.7. The van der Waals surface area contributed by atoms with Crippen molar-refractivity contribution in [1.29, 1.82) is 0 Å². The van der Waals surface area contributed by atoms with Gasteiger partial charge in [-0.2, -0.15) is 0 Å². The van der Waals surface area contributed by atoms with Gasteiger partial charge in [-0.05, 0) is 19.3 Å². The van der Waals surface area contributed by atoms with Crippen LogP contribution in [0, 0.1) is 5.92 Å². The third-order valence-corrected chi connectivity index (χ3v) is 8.14. The molecule has 0 rings (SSSR count). The van der Waals surface area contributed by atoms with Crippen molar-refractivity contribution in [2.45, 2.75) is 194 Å². The minimum absolute atomic E-state index is 0.0428. The molecular weight excluding hydrogens is 512 g/mol. The van der Waals surface area contributed by atoms with E-state index in [1.54, 1.807) is 0 Å². The lowest BCUT2D eigenvalue weighted by Crippen LogP contribution is -2.22. The summed E-state index contributed by atoms with van der Waals surface area (Å²) in [5.41, 5.74) is 0. The number of esters is 1. The normalized spacial score (nSPS) is 12.3. The first-order valence-corrected chi connectivity index (χ1v) is 18.2. The van der Waals surface area contributed by atoms with Crippen molar-refractivity contribution in [1.82, 2.24) is 0 Å². The molecule has 5 nitrogen and oxygen atoms in total. The monoisotopic (exact) mass is 585 g/mol. The fourth-order valence-electron chi connectivity index (χ4n) is 5.25. The van der Waals surface area contributed by atoms with Crippen LogP contribution in [0.15, 0.2) is 0 Å². The van der Waals surface area contributed by atoms with Gasteiger partial charge in [-0.25, -0.2) is 0 Å². The molecule has 0 bridgehead atoms. The van der Waals surface area contributed by atoms with Crippen LogP contribution < -0.4 is 0 Å². The average molecular weight is 585 g/mol.